The fraction of sp³-hybridized carbons (Fsp3) is 0.765. The number of nitrogens with one attached hydrogen (secondary N) is 1. The van der Waals surface area contributed by atoms with E-state index in [1.807, 2.05) is 0 Å². The standard InChI is InChI=1S/C17H28Br2N5O14P3/c18-17(19,39(28,29)30)40(31,32)38-41(33,34)36-10-13-12(25)7-14(37-13)24-8-11(15(26)22-16(24)27)9-35-6-4-2-1-3-5-21-23-20/h8,12-14,25H,1-7,9-10H2,(H,31,32)(H,33,34)(H,22,26,27)(H2,28,29,30)/t12-,13+,14+/m0/s1. The van der Waals surface area contributed by atoms with E-state index in [-0.39, 0.29) is 18.6 Å². The second kappa shape index (κ2) is 15.3. The number of alkyl halides is 2. The summed E-state index contributed by atoms with van der Waals surface area (Å²) in [5.41, 5.74) is 6.74. The van der Waals surface area contributed by atoms with Crippen LogP contribution in [-0.2, 0) is 38.6 Å². The molecule has 0 radical (unpaired) electrons. The molecule has 2 unspecified atom stereocenters. The van der Waals surface area contributed by atoms with Crippen LogP contribution in [0.1, 0.15) is 43.9 Å². The molecule has 24 heteroatoms. The number of rotatable bonds is 17. The highest BCUT2D eigenvalue weighted by molar-refractivity contribution is 9.29. The number of phosphoric ester groups is 1. The van der Waals surface area contributed by atoms with Crippen LogP contribution in [0.3, 0.4) is 0 Å². The summed E-state index contributed by atoms with van der Waals surface area (Å²) in [5.74, 6) is 0. The van der Waals surface area contributed by atoms with Gasteiger partial charge >= 0.3 is 28.7 Å². The number of nitrogens with zero attached hydrogens (tertiary/aromatic N) is 4. The molecule has 1 aliphatic rings. The quantitative estimate of drug-likeness (QED) is 0.0331. The summed E-state index contributed by atoms with van der Waals surface area (Å²) < 4.78 is 53.4. The molecule has 2 rings (SSSR count). The van der Waals surface area contributed by atoms with Crippen LogP contribution in [0.4, 0.5) is 0 Å². The van der Waals surface area contributed by atoms with Gasteiger partial charge in [0, 0.05) is 30.7 Å². The van der Waals surface area contributed by atoms with E-state index in [2.05, 4.69) is 55.7 Å². The number of aromatic nitrogens is 2. The Labute approximate surface area is 248 Å². The number of aliphatic hydroxyl groups is 1. The van der Waals surface area contributed by atoms with Crippen molar-refractivity contribution in [2.75, 3.05) is 19.8 Å². The summed E-state index contributed by atoms with van der Waals surface area (Å²) in [6.45, 7) is -0.317. The van der Waals surface area contributed by atoms with Gasteiger partial charge in [0.15, 0.2) is 0 Å². The first-order valence-corrected chi connectivity index (χ1v) is 17.9. The molecule has 0 amide bonds. The zero-order chi connectivity index (χ0) is 31.1. The molecule has 41 heavy (non-hydrogen) atoms. The average Bonchev–Trinajstić information content (AvgIpc) is 3.21. The molecular formula is C17H28Br2N5O14P3. The summed E-state index contributed by atoms with van der Waals surface area (Å²) in [4.78, 5) is 67.4. The SMILES string of the molecule is [N-]=[N+]=NCCCCCCOCc1cn([C@H]2C[C@H](O)[C@@H](COP(=O)(O)OP(=O)(O)C(Br)(Br)P(=O)(O)O)O2)c(=O)[nH]c1=O. The lowest BCUT2D eigenvalue weighted by Gasteiger charge is -2.27. The van der Waals surface area contributed by atoms with E-state index in [1.54, 1.807) is 0 Å². The third kappa shape index (κ3) is 10.4. The molecule has 1 aromatic rings. The lowest BCUT2D eigenvalue weighted by molar-refractivity contribution is -0.0450. The minimum absolute atomic E-state index is 0.0794. The summed E-state index contributed by atoms with van der Waals surface area (Å²) in [6, 6.07) is 0. The van der Waals surface area contributed by atoms with Crippen LogP contribution in [0.2, 0.25) is 0 Å². The van der Waals surface area contributed by atoms with Crippen LogP contribution in [0.5, 0.6) is 0 Å². The van der Waals surface area contributed by atoms with Gasteiger partial charge in [-0.3, -0.25) is 28.0 Å². The first-order chi connectivity index (χ1) is 18.9. The van der Waals surface area contributed by atoms with Crippen LogP contribution < -0.4 is 11.2 Å². The Morgan fingerprint density at radius 3 is 2.46 bits per heavy atom. The van der Waals surface area contributed by atoms with E-state index in [1.165, 1.54) is 6.20 Å². The van der Waals surface area contributed by atoms with Crippen molar-refractivity contribution in [2.45, 2.75) is 59.9 Å². The number of ether oxygens (including phenoxy) is 2. The van der Waals surface area contributed by atoms with Gasteiger partial charge in [-0.25, -0.2) is 13.7 Å². The fourth-order valence-electron chi connectivity index (χ4n) is 3.39. The van der Waals surface area contributed by atoms with Crippen LogP contribution in [0.15, 0.2) is 20.9 Å². The lowest BCUT2D eigenvalue weighted by atomic mass is 10.2. The Kier molecular flexibility index (Phi) is 13.6. The second-order valence-corrected chi connectivity index (χ2v) is 20.2. The molecule has 1 aliphatic heterocycles. The van der Waals surface area contributed by atoms with Gasteiger partial charge in [-0.1, -0.05) is 18.0 Å². The molecule has 6 N–H and O–H groups in total. The molecule has 0 aliphatic carbocycles. The Balaban J connectivity index is 1.97. The number of unbranched alkanes of at least 4 members (excludes halogenated alkanes) is 3. The highest BCUT2D eigenvalue weighted by Gasteiger charge is 2.61. The van der Waals surface area contributed by atoms with Crippen molar-refractivity contribution in [2.24, 2.45) is 5.11 Å². The Morgan fingerprint density at radius 1 is 1.17 bits per heavy atom. The molecule has 0 saturated carbocycles. The Hall–Kier alpha value is -0.720. The topological polar surface area (TPSA) is 293 Å². The highest BCUT2D eigenvalue weighted by atomic mass is 79.9. The molecule has 234 valence electrons. The second-order valence-electron chi connectivity index (χ2n) is 8.59. The van der Waals surface area contributed by atoms with Crippen molar-refractivity contribution in [3.8, 4) is 0 Å². The van der Waals surface area contributed by atoms with E-state index in [4.69, 9.17) is 15.0 Å². The highest BCUT2D eigenvalue weighted by Crippen LogP contribution is 2.81. The van der Waals surface area contributed by atoms with Gasteiger partial charge in [-0.05, 0) is 50.2 Å². The number of hydrogen-bond donors (Lipinski definition) is 6. The lowest BCUT2D eigenvalue weighted by Crippen LogP contribution is -2.34. The van der Waals surface area contributed by atoms with Gasteiger partial charge < -0.3 is 34.2 Å². The minimum Gasteiger partial charge on any atom is -0.390 e. The molecule has 1 fully saturated rings. The maximum absolute atomic E-state index is 12.4. The maximum atomic E-state index is 12.4. The van der Waals surface area contributed by atoms with Crippen molar-refractivity contribution in [1.82, 2.24) is 9.55 Å². The Bertz CT molecular complexity index is 1360. The smallest absolute Gasteiger partial charge is 0.390 e. The fourth-order valence-corrected chi connectivity index (χ4v) is 8.24. The average molecular weight is 779 g/mol. The van der Waals surface area contributed by atoms with Gasteiger partial charge in [0.2, 0.25) is 0 Å². The van der Waals surface area contributed by atoms with E-state index >= 15 is 0 Å². The van der Waals surface area contributed by atoms with E-state index in [9.17, 15) is 48.0 Å². The zero-order valence-electron chi connectivity index (χ0n) is 21.0. The number of aliphatic hydroxyl groups excluding tert-OH is 1. The number of phosphoric acid groups is 1. The van der Waals surface area contributed by atoms with Crippen molar-refractivity contribution in [3.63, 3.8) is 0 Å². The molecule has 1 saturated heterocycles. The molecule has 0 spiro atoms. The normalized spacial score (nSPS) is 22.6. The third-order valence-electron chi connectivity index (χ3n) is 5.48. The first kappa shape index (κ1) is 36.5. The van der Waals surface area contributed by atoms with Gasteiger partial charge in [0.05, 0.1) is 24.9 Å². The largest absolute Gasteiger partial charge is 0.479 e. The van der Waals surface area contributed by atoms with Gasteiger partial charge in [0.1, 0.15) is 12.3 Å². The predicted octanol–water partition coefficient (Wildman–Crippen LogP) is 2.47. The van der Waals surface area contributed by atoms with Crippen molar-refractivity contribution in [1.29, 1.82) is 0 Å². The number of hydrogen-bond acceptors (Lipinski definition) is 11. The number of halogens is 2. The molecule has 5 atom stereocenters. The van der Waals surface area contributed by atoms with E-state index < -0.39 is 62.0 Å². The molecule has 1 aromatic heterocycles. The maximum Gasteiger partial charge on any atom is 0.479 e. The van der Waals surface area contributed by atoms with E-state index in [0.717, 1.165) is 23.8 Å². The van der Waals surface area contributed by atoms with Gasteiger partial charge in [0.25, 0.3) is 8.27 Å². The minimum atomic E-state index is -5.59. The van der Waals surface area contributed by atoms with Crippen molar-refractivity contribution >= 4 is 54.9 Å². The monoisotopic (exact) mass is 777 g/mol. The summed E-state index contributed by atoms with van der Waals surface area (Å²) >= 11 is 4.55. The molecule has 0 bridgehead atoms. The van der Waals surface area contributed by atoms with Crippen molar-refractivity contribution in [3.05, 3.63) is 43.0 Å². The number of azide groups is 1. The van der Waals surface area contributed by atoms with Gasteiger partial charge in [-0.2, -0.15) is 0 Å². The predicted molar refractivity (Wildman–Crippen MR) is 147 cm³/mol. The van der Waals surface area contributed by atoms with Crippen LogP contribution >= 0.6 is 54.9 Å². The molecule has 19 nitrogen and oxygen atoms in total. The number of H-pyrrole nitrogens is 1. The third-order valence-corrected chi connectivity index (χ3v) is 16.0. The Morgan fingerprint density at radius 2 is 1.83 bits per heavy atom. The molecular weight excluding hydrogens is 751 g/mol. The van der Waals surface area contributed by atoms with Crippen LogP contribution in [0.25, 0.3) is 10.4 Å². The summed E-state index contributed by atoms with van der Waals surface area (Å²) in [6.07, 6.45) is 0.122. The zero-order valence-corrected chi connectivity index (χ0v) is 26.8. The van der Waals surface area contributed by atoms with Crippen LogP contribution in [-0.4, -0.2) is 68.9 Å². The summed E-state index contributed by atoms with van der Waals surface area (Å²) in [5, 5.41) is 13.8. The van der Waals surface area contributed by atoms with Gasteiger partial charge in [-0.15, -0.1) is 0 Å². The molecule has 0 aromatic carbocycles. The van der Waals surface area contributed by atoms with E-state index in [0.29, 0.717) is 19.6 Å². The van der Waals surface area contributed by atoms with Crippen LogP contribution in [0, 0.1) is 0 Å². The molecule has 2 heterocycles. The number of aromatic amines is 1. The summed E-state index contributed by atoms with van der Waals surface area (Å²) in [7, 11) is -16.5. The first-order valence-electron chi connectivity index (χ1n) is 11.6. The van der Waals surface area contributed by atoms with Crippen molar-refractivity contribution < 1.29 is 56.7 Å².